The first-order chi connectivity index (χ1) is 7.55. The topological polar surface area (TPSA) is 67.8 Å². The summed E-state index contributed by atoms with van der Waals surface area (Å²) in [5.74, 6) is -0.129. The molecule has 0 radical (unpaired) electrons. The van der Waals surface area contributed by atoms with Crippen LogP contribution in [0.5, 0.6) is 0 Å². The molecule has 1 unspecified atom stereocenters. The number of amides is 1. The number of aliphatic hydroxyl groups is 1. The van der Waals surface area contributed by atoms with Gasteiger partial charge in [-0.1, -0.05) is 0 Å². The first-order valence-corrected chi connectivity index (χ1v) is 5.66. The van der Waals surface area contributed by atoms with Crippen LogP contribution in [-0.4, -0.2) is 49.6 Å². The van der Waals surface area contributed by atoms with Crippen molar-refractivity contribution in [1.82, 2.24) is 5.32 Å². The molecule has 1 aliphatic heterocycles. The molecule has 1 fully saturated rings. The fourth-order valence-corrected chi connectivity index (χ4v) is 1.59. The van der Waals surface area contributed by atoms with Gasteiger partial charge in [0.2, 0.25) is 5.91 Å². The maximum atomic E-state index is 11.6. The van der Waals surface area contributed by atoms with Gasteiger partial charge in [-0.05, 0) is 19.8 Å². The van der Waals surface area contributed by atoms with Crippen molar-refractivity contribution in [2.45, 2.75) is 37.9 Å². The lowest BCUT2D eigenvalue weighted by atomic mass is 10.0. The second-order valence-corrected chi connectivity index (χ2v) is 4.46. The van der Waals surface area contributed by atoms with Crippen LogP contribution in [0.25, 0.3) is 0 Å². The molecule has 0 bridgehead atoms. The lowest BCUT2D eigenvalue weighted by molar-refractivity contribution is -0.131. The molecule has 1 saturated heterocycles. The van der Waals surface area contributed by atoms with Gasteiger partial charge in [0.05, 0.1) is 5.60 Å². The van der Waals surface area contributed by atoms with E-state index in [1.165, 1.54) is 0 Å². The summed E-state index contributed by atoms with van der Waals surface area (Å²) >= 11 is 0. The lowest BCUT2D eigenvalue weighted by Gasteiger charge is -2.24. The number of carbonyl (C=O) groups excluding carboxylic acids is 1. The van der Waals surface area contributed by atoms with Gasteiger partial charge in [-0.25, -0.2) is 0 Å². The van der Waals surface area contributed by atoms with E-state index in [9.17, 15) is 9.90 Å². The molecule has 0 aliphatic carbocycles. The molecule has 16 heavy (non-hydrogen) atoms. The zero-order valence-electron chi connectivity index (χ0n) is 9.99. The molecule has 0 aromatic heterocycles. The Morgan fingerprint density at radius 1 is 1.69 bits per heavy atom. The zero-order chi connectivity index (χ0) is 12.0. The summed E-state index contributed by atoms with van der Waals surface area (Å²) in [5, 5.41) is 12.6. The van der Waals surface area contributed by atoms with E-state index in [2.05, 4.69) is 5.32 Å². The molecular formula is C11H21NO4. The predicted octanol–water partition coefficient (Wildman–Crippen LogP) is 0.0691. The van der Waals surface area contributed by atoms with E-state index in [-0.39, 0.29) is 18.6 Å². The third-order valence-electron chi connectivity index (χ3n) is 2.71. The Labute approximate surface area is 96.1 Å². The number of rotatable bonds is 6. The van der Waals surface area contributed by atoms with Gasteiger partial charge in [-0.15, -0.1) is 0 Å². The SMILES string of the molecule is COCCC(C)(O)CNC(=O)[C@H]1CCCO1. The maximum absolute atomic E-state index is 11.6. The van der Waals surface area contributed by atoms with E-state index in [4.69, 9.17) is 9.47 Å². The van der Waals surface area contributed by atoms with Crippen LogP contribution in [0.15, 0.2) is 0 Å². The van der Waals surface area contributed by atoms with Crippen LogP contribution in [0.1, 0.15) is 26.2 Å². The largest absolute Gasteiger partial charge is 0.388 e. The Hall–Kier alpha value is -0.650. The fourth-order valence-electron chi connectivity index (χ4n) is 1.59. The number of ether oxygens (including phenoxy) is 2. The van der Waals surface area contributed by atoms with Crippen molar-refractivity contribution in [3.63, 3.8) is 0 Å². The van der Waals surface area contributed by atoms with Gasteiger partial charge in [-0.2, -0.15) is 0 Å². The van der Waals surface area contributed by atoms with Crippen LogP contribution >= 0.6 is 0 Å². The number of carbonyl (C=O) groups is 1. The van der Waals surface area contributed by atoms with Crippen molar-refractivity contribution in [3.8, 4) is 0 Å². The van der Waals surface area contributed by atoms with Gasteiger partial charge in [0.1, 0.15) is 6.10 Å². The standard InChI is InChI=1S/C11H21NO4/c1-11(14,5-7-15-2)8-12-10(13)9-4-3-6-16-9/h9,14H,3-8H2,1-2H3,(H,12,13)/t9-,11?/m1/s1. The zero-order valence-corrected chi connectivity index (χ0v) is 9.99. The molecule has 1 amide bonds. The van der Waals surface area contributed by atoms with Crippen LogP contribution in [-0.2, 0) is 14.3 Å². The first kappa shape index (κ1) is 13.4. The monoisotopic (exact) mass is 231 g/mol. The van der Waals surface area contributed by atoms with Gasteiger partial charge >= 0.3 is 0 Å². The Morgan fingerprint density at radius 2 is 2.44 bits per heavy atom. The minimum atomic E-state index is -0.926. The normalized spacial score (nSPS) is 24.1. The van der Waals surface area contributed by atoms with E-state index in [0.29, 0.717) is 19.6 Å². The van der Waals surface area contributed by atoms with Gasteiger partial charge in [0, 0.05) is 33.3 Å². The average molecular weight is 231 g/mol. The summed E-state index contributed by atoms with van der Waals surface area (Å²) in [4.78, 5) is 11.6. The molecule has 0 aromatic carbocycles. The first-order valence-electron chi connectivity index (χ1n) is 5.66. The van der Waals surface area contributed by atoms with Crippen molar-refractivity contribution in [3.05, 3.63) is 0 Å². The average Bonchev–Trinajstić information content (AvgIpc) is 2.77. The molecule has 1 heterocycles. The highest BCUT2D eigenvalue weighted by Gasteiger charge is 2.26. The van der Waals surface area contributed by atoms with Crippen molar-refractivity contribution in [2.24, 2.45) is 0 Å². The number of methoxy groups -OCH3 is 1. The van der Waals surface area contributed by atoms with Crippen LogP contribution in [0.3, 0.4) is 0 Å². The molecule has 5 nitrogen and oxygen atoms in total. The van der Waals surface area contributed by atoms with Crippen LogP contribution in [0.4, 0.5) is 0 Å². The summed E-state index contributed by atoms with van der Waals surface area (Å²) in [5.41, 5.74) is -0.926. The Bertz CT molecular complexity index is 224. The highest BCUT2D eigenvalue weighted by Crippen LogP contribution is 2.13. The van der Waals surface area contributed by atoms with Crippen molar-refractivity contribution < 1.29 is 19.4 Å². The summed E-state index contributed by atoms with van der Waals surface area (Å²) in [6.45, 7) is 3.04. The molecule has 2 atom stereocenters. The molecular weight excluding hydrogens is 210 g/mol. The van der Waals surface area contributed by atoms with Crippen molar-refractivity contribution in [2.75, 3.05) is 26.9 Å². The van der Waals surface area contributed by atoms with Crippen molar-refractivity contribution >= 4 is 5.91 Å². The number of hydrogen-bond acceptors (Lipinski definition) is 4. The second kappa shape index (κ2) is 6.18. The minimum Gasteiger partial charge on any atom is -0.388 e. The fraction of sp³-hybridized carbons (Fsp3) is 0.909. The smallest absolute Gasteiger partial charge is 0.249 e. The summed E-state index contributed by atoms with van der Waals surface area (Å²) in [7, 11) is 1.58. The quantitative estimate of drug-likeness (QED) is 0.679. The Morgan fingerprint density at radius 3 is 3.00 bits per heavy atom. The van der Waals surface area contributed by atoms with E-state index < -0.39 is 5.60 Å². The highest BCUT2D eigenvalue weighted by atomic mass is 16.5. The molecule has 5 heteroatoms. The molecule has 2 N–H and O–H groups in total. The number of hydrogen-bond donors (Lipinski definition) is 2. The molecule has 94 valence electrons. The highest BCUT2D eigenvalue weighted by molar-refractivity contribution is 5.81. The summed E-state index contributed by atoms with van der Waals surface area (Å²) in [6, 6.07) is 0. The van der Waals surface area contributed by atoms with Gasteiger partial charge in [-0.3, -0.25) is 4.79 Å². The summed E-state index contributed by atoms with van der Waals surface area (Å²) in [6.07, 6.45) is 1.86. The van der Waals surface area contributed by atoms with Gasteiger partial charge in [0.15, 0.2) is 0 Å². The van der Waals surface area contributed by atoms with E-state index in [1.807, 2.05) is 0 Å². The van der Waals surface area contributed by atoms with E-state index in [1.54, 1.807) is 14.0 Å². The number of nitrogens with one attached hydrogen (secondary N) is 1. The Balaban J connectivity index is 2.24. The summed E-state index contributed by atoms with van der Waals surface area (Å²) < 4.78 is 10.1. The van der Waals surface area contributed by atoms with Crippen LogP contribution in [0, 0.1) is 0 Å². The molecule has 0 spiro atoms. The molecule has 0 saturated carbocycles. The molecule has 1 aliphatic rings. The van der Waals surface area contributed by atoms with Gasteiger partial charge in [0.25, 0.3) is 0 Å². The Kier molecular flexibility index (Phi) is 5.18. The lowest BCUT2D eigenvalue weighted by Crippen LogP contribution is -2.44. The third kappa shape index (κ3) is 4.47. The maximum Gasteiger partial charge on any atom is 0.249 e. The molecule has 0 aromatic rings. The molecule has 1 rings (SSSR count). The van der Waals surface area contributed by atoms with Crippen LogP contribution in [0.2, 0.25) is 0 Å². The van der Waals surface area contributed by atoms with Gasteiger partial charge < -0.3 is 19.9 Å². The second-order valence-electron chi connectivity index (χ2n) is 4.46. The van der Waals surface area contributed by atoms with E-state index in [0.717, 1.165) is 12.8 Å². The van der Waals surface area contributed by atoms with Crippen molar-refractivity contribution in [1.29, 1.82) is 0 Å². The van der Waals surface area contributed by atoms with E-state index >= 15 is 0 Å². The predicted molar refractivity (Wildman–Crippen MR) is 59.1 cm³/mol. The third-order valence-corrected chi connectivity index (χ3v) is 2.71. The van der Waals surface area contributed by atoms with Crippen LogP contribution < -0.4 is 5.32 Å². The minimum absolute atomic E-state index is 0.129.